The van der Waals surface area contributed by atoms with Gasteiger partial charge in [-0.2, -0.15) is 11.8 Å². The highest BCUT2D eigenvalue weighted by molar-refractivity contribution is 7.99. The van der Waals surface area contributed by atoms with E-state index in [0.717, 1.165) is 5.75 Å². The number of fused-ring (bicyclic) bond motifs is 1. The molecule has 18 heavy (non-hydrogen) atoms. The lowest BCUT2D eigenvalue weighted by atomic mass is 9.84. The summed E-state index contributed by atoms with van der Waals surface area (Å²) in [7, 11) is 0. The topological polar surface area (TPSA) is 37.3 Å². The van der Waals surface area contributed by atoms with Crippen molar-refractivity contribution in [1.29, 1.82) is 0 Å². The summed E-state index contributed by atoms with van der Waals surface area (Å²) in [5, 5.41) is 8.86. The average Bonchev–Trinajstić information content (AvgIpc) is 2.38. The molecule has 0 amide bonds. The zero-order valence-corrected chi connectivity index (χ0v) is 11.6. The summed E-state index contributed by atoms with van der Waals surface area (Å²) in [5.41, 5.74) is 2.97. The van der Waals surface area contributed by atoms with Gasteiger partial charge in [0, 0.05) is 11.5 Å². The predicted octanol–water partition coefficient (Wildman–Crippen LogP) is 3.56. The molecule has 1 aliphatic rings. The second-order valence-electron chi connectivity index (χ2n) is 5.06. The van der Waals surface area contributed by atoms with Gasteiger partial charge in [-0.1, -0.05) is 31.2 Å². The fraction of sp³-hybridized carbons (Fsp3) is 0.533. The minimum absolute atomic E-state index is 0.242. The maximum Gasteiger partial charge on any atom is 0.307 e. The lowest BCUT2D eigenvalue weighted by Gasteiger charge is -2.25. The molecule has 0 spiro atoms. The van der Waals surface area contributed by atoms with Gasteiger partial charge in [-0.25, -0.2) is 0 Å². The van der Waals surface area contributed by atoms with Crippen LogP contribution < -0.4 is 0 Å². The Morgan fingerprint density at radius 1 is 1.50 bits per heavy atom. The SMILES string of the molecule is CC(CSCC1CCCc2ccccc21)C(=O)O. The van der Waals surface area contributed by atoms with Crippen LogP contribution in [0, 0.1) is 5.92 Å². The van der Waals surface area contributed by atoms with E-state index in [4.69, 9.17) is 5.11 Å². The minimum atomic E-state index is -0.688. The van der Waals surface area contributed by atoms with Crippen LogP contribution in [0.1, 0.15) is 36.8 Å². The smallest absolute Gasteiger partial charge is 0.307 e. The standard InChI is InChI=1S/C15H20O2S/c1-11(15(16)17)9-18-10-13-7-4-6-12-5-2-3-8-14(12)13/h2-3,5,8,11,13H,4,6-7,9-10H2,1H3,(H,16,17). The van der Waals surface area contributed by atoms with E-state index in [2.05, 4.69) is 24.3 Å². The quantitative estimate of drug-likeness (QED) is 0.883. The molecule has 2 unspecified atom stereocenters. The van der Waals surface area contributed by atoms with Gasteiger partial charge in [-0.05, 0) is 36.3 Å². The molecule has 0 heterocycles. The van der Waals surface area contributed by atoms with Crippen molar-refractivity contribution >= 4 is 17.7 Å². The second-order valence-corrected chi connectivity index (χ2v) is 6.14. The van der Waals surface area contributed by atoms with Gasteiger partial charge in [0.15, 0.2) is 0 Å². The van der Waals surface area contributed by atoms with Gasteiger partial charge < -0.3 is 5.11 Å². The molecule has 2 rings (SSSR count). The summed E-state index contributed by atoms with van der Waals surface area (Å²) in [4.78, 5) is 10.8. The number of thioether (sulfide) groups is 1. The van der Waals surface area contributed by atoms with E-state index in [0.29, 0.717) is 11.7 Å². The maximum absolute atomic E-state index is 10.8. The van der Waals surface area contributed by atoms with Crippen LogP contribution in [-0.4, -0.2) is 22.6 Å². The van der Waals surface area contributed by atoms with Crippen LogP contribution in [0.3, 0.4) is 0 Å². The van der Waals surface area contributed by atoms with E-state index in [1.165, 1.54) is 30.4 Å². The zero-order chi connectivity index (χ0) is 13.0. The van der Waals surface area contributed by atoms with Crippen LogP contribution in [-0.2, 0) is 11.2 Å². The van der Waals surface area contributed by atoms with Crippen LogP contribution in [0.15, 0.2) is 24.3 Å². The Morgan fingerprint density at radius 2 is 2.28 bits per heavy atom. The number of carboxylic acids is 1. The van der Waals surface area contributed by atoms with Gasteiger partial charge in [0.2, 0.25) is 0 Å². The number of aryl methyl sites for hydroxylation is 1. The number of carboxylic acid groups (broad SMARTS) is 1. The van der Waals surface area contributed by atoms with Crippen LogP contribution in [0.4, 0.5) is 0 Å². The Balaban J connectivity index is 1.90. The van der Waals surface area contributed by atoms with Gasteiger partial charge >= 0.3 is 5.97 Å². The summed E-state index contributed by atoms with van der Waals surface area (Å²) in [5.74, 6) is 1.45. The van der Waals surface area contributed by atoms with Crippen molar-refractivity contribution in [1.82, 2.24) is 0 Å². The van der Waals surface area contributed by atoms with Crippen molar-refractivity contribution in [3.63, 3.8) is 0 Å². The number of aliphatic carboxylic acids is 1. The van der Waals surface area contributed by atoms with Crippen molar-refractivity contribution < 1.29 is 9.90 Å². The lowest BCUT2D eigenvalue weighted by Crippen LogP contribution is -2.15. The van der Waals surface area contributed by atoms with Crippen molar-refractivity contribution in [2.45, 2.75) is 32.1 Å². The van der Waals surface area contributed by atoms with Gasteiger partial charge in [-0.3, -0.25) is 4.79 Å². The lowest BCUT2D eigenvalue weighted by molar-refractivity contribution is -0.140. The van der Waals surface area contributed by atoms with Crippen molar-refractivity contribution in [3.05, 3.63) is 35.4 Å². The second kappa shape index (κ2) is 6.28. The Morgan fingerprint density at radius 3 is 3.06 bits per heavy atom. The van der Waals surface area contributed by atoms with E-state index in [1.54, 1.807) is 18.7 Å². The first-order chi connectivity index (χ1) is 8.68. The van der Waals surface area contributed by atoms with Crippen molar-refractivity contribution in [2.75, 3.05) is 11.5 Å². The third kappa shape index (κ3) is 3.29. The van der Waals surface area contributed by atoms with Gasteiger partial charge in [0.25, 0.3) is 0 Å². The number of hydrogen-bond acceptors (Lipinski definition) is 2. The van der Waals surface area contributed by atoms with Crippen LogP contribution in [0.2, 0.25) is 0 Å². The molecule has 1 N–H and O–H groups in total. The Hall–Kier alpha value is -0.960. The van der Waals surface area contributed by atoms with Crippen molar-refractivity contribution in [2.24, 2.45) is 5.92 Å². The molecule has 0 saturated carbocycles. The highest BCUT2D eigenvalue weighted by Gasteiger charge is 2.20. The summed E-state index contributed by atoms with van der Waals surface area (Å²) in [6.07, 6.45) is 3.70. The molecular formula is C15H20O2S. The largest absolute Gasteiger partial charge is 0.481 e. The first-order valence-corrected chi connectivity index (χ1v) is 7.72. The molecule has 0 saturated heterocycles. The minimum Gasteiger partial charge on any atom is -0.481 e. The highest BCUT2D eigenvalue weighted by Crippen LogP contribution is 2.34. The molecule has 3 heteroatoms. The third-order valence-corrected chi connectivity index (χ3v) is 4.98. The molecule has 0 bridgehead atoms. The Labute approximate surface area is 113 Å². The molecule has 1 aromatic carbocycles. The number of hydrogen-bond donors (Lipinski definition) is 1. The molecule has 2 atom stereocenters. The van der Waals surface area contributed by atoms with E-state index >= 15 is 0 Å². The van der Waals surface area contributed by atoms with E-state index < -0.39 is 5.97 Å². The monoisotopic (exact) mass is 264 g/mol. The summed E-state index contributed by atoms with van der Waals surface area (Å²) in [6.45, 7) is 1.78. The molecule has 98 valence electrons. The molecule has 0 aromatic heterocycles. The predicted molar refractivity (Wildman–Crippen MR) is 76.2 cm³/mol. The van der Waals surface area contributed by atoms with E-state index in [9.17, 15) is 4.79 Å². The summed E-state index contributed by atoms with van der Waals surface area (Å²) in [6, 6.07) is 8.69. The number of carbonyl (C=O) groups is 1. The first-order valence-electron chi connectivity index (χ1n) is 6.57. The number of benzene rings is 1. The summed E-state index contributed by atoms with van der Waals surface area (Å²) < 4.78 is 0. The average molecular weight is 264 g/mol. The fourth-order valence-electron chi connectivity index (χ4n) is 2.49. The molecule has 0 aliphatic heterocycles. The molecule has 1 aromatic rings. The van der Waals surface area contributed by atoms with E-state index in [-0.39, 0.29) is 5.92 Å². The van der Waals surface area contributed by atoms with Crippen LogP contribution in [0.25, 0.3) is 0 Å². The Kier molecular flexibility index (Phi) is 4.70. The normalized spacial score (nSPS) is 20.2. The fourth-order valence-corrected chi connectivity index (χ4v) is 3.75. The molecule has 1 aliphatic carbocycles. The van der Waals surface area contributed by atoms with Gasteiger partial charge in [0.05, 0.1) is 5.92 Å². The zero-order valence-electron chi connectivity index (χ0n) is 10.8. The van der Waals surface area contributed by atoms with Gasteiger partial charge in [-0.15, -0.1) is 0 Å². The molecule has 0 radical (unpaired) electrons. The number of rotatable bonds is 5. The molecule has 0 fully saturated rings. The molecular weight excluding hydrogens is 244 g/mol. The first kappa shape index (κ1) is 13.5. The van der Waals surface area contributed by atoms with Gasteiger partial charge in [0.1, 0.15) is 0 Å². The summed E-state index contributed by atoms with van der Waals surface area (Å²) >= 11 is 1.78. The maximum atomic E-state index is 10.8. The molecule has 2 nitrogen and oxygen atoms in total. The van der Waals surface area contributed by atoms with Crippen LogP contribution in [0.5, 0.6) is 0 Å². The highest BCUT2D eigenvalue weighted by atomic mass is 32.2. The van der Waals surface area contributed by atoms with Crippen molar-refractivity contribution in [3.8, 4) is 0 Å². The van der Waals surface area contributed by atoms with Crippen LogP contribution >= 0.6 is 11.8 Å². The Bertz CT molecular complexity index is 417. The third-order valence-electron chi connectivity index (χ3n) is 3.60. The van der Waals surface area contributed by atoms with E-state index in [1.807, 2.05) is 0 Å².